The maximum absolute atomic E-state index is 12.7. The molecule has 0 saturated carbocycles. The molecule has 1 N–H and O–H groups in total. The summed E-state index contributed by atoms with van der Waals surface area (Å²) in [5, 5.41) is 4.11. The molecule has 1 fully saturated rings. The van der Waals surface area contributed by atoms with Crippen LogP contribution >= 0.6 is 0 Å². The van der Waals surface area contributed by atoms with Crippen molar-refractivity contribution in [3.05, 3.63) is 45.9 Å². The lowest BCUT2D eigenvalue weighted by molar-refractivity contribution is -0.141. The Morgan fingerprint density at radius 2 is 2.26 bits per heavy atom. The van der Waals surface area contributed by atoms with Crippen LogP contribution in [0.25, 0.3) is 0 Å². The second-order valence-electron chi connectivity index (χ2n) is 5.60. The third kappa shape index (κ3) is 3.31. The molecule has 1 saturated heterocycles. The second kappa shape index (κ2) is 6.33. The Morgan fingerprint density at radius 1 is 1.43 bits per heavy atom. The fourth-order valence-corrected chi connectivity index (χ4v) is 2.61. The molecule has 1 amide bonds. The summed E-state index contributed by atoms with van der Waals surface area (Å²) in [5.74, 6) is 0.521. The van der Waals surface area contributed by atoms with Gasteiger partial charge in [-0.05, 0) is 19.9 Å². The SMILES string of the molecule is Cc1ccc(=O)n(CC(=O)N2CCOC[C@@H]2c2ncc(C)[nH]2)n1. The number of hydrogen-bond acceptors (Lipinski definition) is 5. The van der Waals surface area contributed by atoms with E-state index in [9.17, 15) is 9.59 Å². The molecule has 0 radical (unpaired) electrons. The van der Waals surface area contributed by atoms with Crippen molar-refractivity contribution >= 4 is 5.91 Å². The van der Waals surface area contributed by atoms with Gasteiger partial charge < -0.3 is 14.6 Å². The fraction of sp³-hybridized carbons (Fsp3) is 0.467. The molecule has 8 nitrogen and oxygen atoms in total. The van der Waals surface area contributed by atoms with Gasteiger partial charge in [-0.2, -0.15) is 5.10 Å². The van der Waals surface area contributed by atoms with E-state index in [1.165, 1.54) is 10.7 Å². The van der Waals surface area contributed by atoms with Crippen molar-refractivity contribution in [2.24, 2.45) is 0 Å². The minimum atomic E-state index is -0.289. The zero-order chi connectivity index (χ0) is 16.4. The van der Waals surface area contributed by atoms with Crippen LogP contribution in [0.2, 0.25) is 0 Å². The van der Waals surface area contributed by atoms with Crippen molar-refractivity contribution in [2.45, 2.75) is 26.4 Å². The van der Waals surface area contributed by atoms with Crippen LogP contribution in [0.4, 0.5) is 0 Å². The molecule has 1 atom stereocenters. The van der Waals surface area contributed by atoms with E-state index in [2.05, 4.69) is 15.1 Å². The smallest absolute Gasteiger partial charge is 0.267 e. The Balaban J connectivity index is 1.81. The van der Waals surface area contributed by atoms with Gasteiger partial charge in [0.25, 0.3) is 5.56 Å². The summed E-state index contributed by atoms with van der Waals surface area (Å²) in [6.07, 6.45) is 1.72. The van der Waals surface area contributed by atoms with Gasteiger partial charge in [0, 0.05) is 24.5 Å². The van der Waals surface area contributed by atoms with Gasteiger partial charge in [0.2, 0.25) is 5.91 Å². The van der Waals surface area contributed by atoms with Crippen LogP contribution in [-0.4, -0.2) is 50.3 Å². The Morgan fingerprint density at radius 3 is 3.00 bits per heavy atom. The number of aryl methyl sites for hydroxylation is 2. The first-order valence-corrected chi connectivity index (χ1v) is 7.48. The Labute approximate surface area is 133 Å². The van der Waals surface area contributed by atoms with Crippen molar-refractivity contribution in [1.82, 2.24) is 24.6 Å². The zero-order valence-corrected chi connectivity index (χ0v) is 13.2. The van der Waals surface area contributed by atoms with Gasteiger partial charge in [-0.3, -0.25) is 9.59 Å². The molecule has 3 rings (SSSR count). The van der Waals surface area contributed by atoms with Gasteiger partial charge in [0.1, 0.15) is 18.4 Å². The van der Waals surface area contributed by atoms with E-state index < -0.39 is 0 Å². The largest absolute Gasteiger partial charge is 0.377 e. The number of H-pyrrole nitrogens is 1. The van der Waals surface area contributed by atoms with Gasteiger partial charge >= 0.3 is 0 Å². The molecular formula is C15H19N5O3. The Hall–Kier alpha value is -2.48. The van der Waals surface area contributed by atoms with Crippen molar-refractivity contribution in [3.8, 4) is 0 Å². The lowest BCUT2D eigenvalue weighted by Gasteiger charge is -2.34. The number of amides is 1. The van der Waals surface area contributed by atoms with E-state index in [0.29, 0.717) is 31.3 Å². The highest BCUT2D eigenvalue weighted by molar-refractivity contribution is 5.76. The highest BCUT2D eigenvalue weighted by atomic mass is 16.5. The van der Waals surface area contributed by atoms with E-state index in [1.54, 1.807) is 24.1 Å². The van der Waals surface area contributed by atoms with Crippen LogP contribution in [0, 0.1) is 13.8 Å². The number of nitrogens with one attached hydrogen (secondary N) is 1. The molecule has 0 unspecified atom stereocenters. The number of nitrogens with zero attached hydrogens (tertiary/aromatic N) is 4. The van der Waals surface area contributed by atoms with Crippen LogP contribution in [0.5, 0.6) is 0 Å². The molecule has 0 bridgehead atoms. The minimum Gasteiger partial charge on any atom is -0.377 e. The molecule has 23 heavy (non-hydrogen) atoms. The summed E-state index contributed by atoms with van der Waals surface area (Å²) < 4.78 is 6.67. The molecule has 0 aromatic carbocycles. The Kier molecular flexibility index (Phi) is 4.24. The van der Waals surface area contributed by atoms with E-state index in [1.807, 2.05) is 6.92 Å². The molecule has 2 aromatic rings. The first kappa shape index (κ1) is 15.4. The number of imidazole rings is 1. The first-order valence-electron chi connectivity index (χ1n) is 7.48. The highest BCUT2D eigenvalue weighted by Gasteiger charge is 2.30. The summed E-state index contributed by atoms with van der Waals surface area (Å²) >= 11 is 0. The summed E-state index contributed by atoms with van der Waals surface area (Å²) in [6.45, 7) is 4.92. The van der Waals surface area contributed by atoms with E-state index in [4.69, 9.17) is 4.74 Å². The van der Waals surface area contributed by atoms with E-state index >= 15 is 0 Å². The summed E-state index contributed by atoms with van der Waals surface area (Å²) in [7, 11) is 0. The molecular weight excluding hydrogens is 298 g/mol. The normalized spacial score (nSPS) is 18.2. The van der Waals surface area contributed by atoms with Crippen LogP contribution < -0.4 is 5.56 Å². The monoisotopic (exact) mass is 317 g/mol. The predicted octanol–water partition coefficient (Wildman–Crippen LogP) is 0.183. The molecule has 122 valence electrons. The molecule has 1 aliphatic rings. The van der Waals surface area contributed by atoms with E-state index in [-0.39, 0.29) is 24.1 Å². The Bertz CT molecular complexity index is 766. The lowest BCUT2D eigenvalue weighted by Crippen LogP contribution is -2.46. The lowest BCUT2D eigenvalue weighted by atomic mass is 10.2. The third-order valence-corrected chi connectivity index (χ3v) is 3.77. The van der Waals surface area contributed by atoms with E-state index in [0.717, 1.165) is 5.69 Å². The van der Waals surface area contributed by atoms with Crippen LogP contribution in [0.1, 0.15) is 23.3 Å². The van der Waals surface area contributed by atoms with Gasteiger partial charge in [-0.15, -0.1) is 0 Å². The van der Waals surface area contributed by atoms with Gasteiger partial charge in [0.15, 0.2) is 0 Å². The van der Waals surface area contributed by atoms with Crippen LogP contribution in [0.3, 0.4) is 0 Å². The molecule has 1 aliphatic heterocycles. The molecule has 0 aliphatic carbocycles. The summed E-state index contributed by atoms with van der Waals surface area (Å²) in [6, 6.07) is 2.78. The number of ether oxygens (including phenoxy) is 1. The quantitative estimate of drug-likeness (QED) is 0.872. The van der Waals surface area contributed by atoms with Gasteiger partial charge in [0.05, 0.1) is 18.9 Å². The number of morpholine rings is 1. The second-order valence-corrected chi connectivity index (χ2v) is 5.60. The van der Waals surface area contributed by atoms with Crippen LogP contribution in [0.15, 0.2) is 23.1 Å². The van der Waals surface area contributed by atoms with Crippen molar-refractivity contribution in [1.29, 1.82) is 0 Å². The number of carbonyl (C=O) groups is 1. The summed E-state index contributed by atoms with van der Waals surface area (Å²) in [4.78, 5) is 33.6. The first-order chi connectivity index (χ1) is 11.0. The number of rotatable bonds is 3. The molecule has 8 heteroatoms. The van der Waals surface area contributed by atoms with Crippen molar-refractivity contribution in [2.75, 3.05) is 19.8 Å². The summed E-state index contributed by atoms with van der Waals surface area (Å²) in [5.41, 5.74) is 1.33. The number of aromatic nitrogens is 4. The number of aromatic amines is 1. The molecule has 0 spiro atoms. The average Bonchev–Trinajstić information content (AvgIpc) is 2.97. The zero-order valence-electron chi connectivity index (χ0n) is 13.2. The maximum Gasteiger partial charge on any atom is 0.267 e. The number of hydrogen-bond donors (Lipinski definition) is 1. The third-order valence-electron chi connectivity index (χ3n) is 3.77. The highest BCUT2D eigenvalue weighted by Crippen LogP contribution is 2.22. The predicted molar refractivity (Wildman–Crippen MR) is 81.8 cm³/mol. The average molecular weight is 317 g/mol. The fourth-order valence-electron chi connectivity index (χ4n) is 2.61. The molecule has 3 heterocycles. The van der Waals surface area contributed by atoms with Crippen molar-refractivity contribution < 1.29 is 9.53 Å². The van der Waals surface area contributed by atoms with Gasteiger partial charge in [-0.25, -0.2) is 9.67 Å². The number of carbonyl (C=O) groups excluding carboxylic acids is 1. The topological polar surface area (TPSA) is 93.1 Å². The maximum atomic E-state index is 12.7. The minimum absolute atomic E-state index is 0.0866. The molecule has 2 aromatic heterocycles. The van der Waals surface area contributed by atoms with Crippen molar-refractivity contribution in [3.63, 3.8) is 0 Å². The standard InChI is InChI=1S/C15H19N5O3/c1-10-3-4-13(21)20(18-10)8-14(22)19-5-6-23-9-12(19)15-16-7-11(2)17-15/h3-4,7,12H,5-6,8-9H2,1-2H3,(H,16,17)/t12-/m1/s1. The van der Waals surface area contributed by atoms with Gasteiger partial charge in [-0.1, -0.05) is 0 Å². The van der Waals surface area contributed by atoms with Crippen LogP contribution in [-0.2, 0) is 16.1 Å².